The molecule has 2 rings (SSSR count). The predicted octanol–water partition coefficient (Wildman–Crippen LogP) is 0.711. The van der Waals surface area contributed by atoms with Crippen LogP contribution in [0.2, 0.25) is 0 Å². The van der Waals surface area contributed by atoms with E-state index in [4.69, 9.17) is 4.74 Å². The van der Waals surface area contributed by atoms with Gasteiger partial charge in [-0.15, -0.1) is 0 Å². The van der Waals surface area contributed by atoms with Gasteiger partial charge in [-0.25, -0.2) is 9.78 Å². The summed E-state index contributed by atoms with van der Waals surface area (Å²) in [5.74, 6) is 0.712. The molecule has 1 aromatic heterocycles. The van der Waals surface area contributed by atoms with Crippen molar-refractivity contribution in [3.63, 3.8) is 0 Å². The van der Waals surface area contributed by atoms with Crippen LogP contribution in [0.25, 0.3) is 0 Å². The lowest BCUT2D eigenvalue weighted by atomic mass is 10.3. The number of ether oxygens (including phenoxy) is 1. The zero-order valence-corrected chi connectivity index (χ0v) is 11.8. The van der Waals surface area contributed by atoms with Gasteiger partial charge in [0.25, 0.3) is 0 Å². The molecule has 2 heterocycles. The van der Waals surface area contributed by atoms with Crippen LogP contribution >= 0.6 is 0 Å². The Morgan fingerprint density at radius 3 is 3.05 bits per heavy atom. The molecule has 20 heavy (non-hydrogen) atoms. The molecule has 1 atom stereocenters. The SMILES string of the molecule is Cc1nccn1[C@@H](C)C(=O)NCCN1CCCOC1=O. The summed E-state index contributed by atoms with van der Waals surface area (Å²) in [6.07, 6.45) is 3.98. The van der Waals surface area contributed by atoms with Gasteiger partial charge in [0, 0.05) is 32.0 Å². The van der Waals surface area contributed by atoms with Crippen molar-refractivity contribution in [2.75, 3.05) is 26.2 Å². The quantitative estimate of drug-likeness (QED) is 0.862. The number of nitrogens with zero attached hydrogens (tertiary/aromatic N) is 3. The average molecular weight is 280 g/mol. The Bertz CT molecular complexity index is 486. The summed E-state index contributed by atoms with van der Waals surface area (Å²) in [4.78, 5) is 29.1. The fraction of sp³-hybridized carbons (Fsp3) is 0.615. The van der Waals surface area contributed by atoms with Crippen molar-refractivity contribution >= 4 is 12.0 Å². The number of nitrogens with one attached hydrogen (secondary N) is 1. The minimum Gasteiger partial charge on any atom is -0.449 e. The van der Waals surface area contributed by atoms with E-state index >= 15 is 0 Å². The summed E-state index contributed by atoms with van der Waals surface area (Å²) in [6.45, 7) is 5.74. The lowest BCUT2D eigenvalue weighted by molar-refractivity contribution is -0.124. The molecule has 1 aliphatic rings. The first-order chi connectivity index (χ1) is 9.59. The molecule has 0 saturated carbocycles. The summed E-state index contributed by atoms with van der Waals surface area (Å²) in [7, 11) is 0. The normalized spacial score (nSPS) is 16.7. The molecule has 1 fully saturated rings. The van der Waals surface area contributed by atoms with Crippen LogP contribution in [0.1, 0.15) is 25.2 Å². The molecule has 0 unspecified atom stereocenters. The number of carbonyl (C=O) groups is 2. The van der Waals surface area contributed by atoms with Gasteiger partial charge in [0.15, 0.2) is 0 Å². The van der Waals surface area contributed by atoms with Crippen LogP contribution in [0, 0.1) is 6.92 Å². The van der Waals surface area contributed by atoms with Crippen molar-refractivity contribution in [3.05, 3.63) is 18.2 Å². The summed E-state index contributed by atoms with van der Waals surface area (Å²) < 4.78 is 6.74. The standard InChI is InChI=1S/C13H20N4O3/c1-10(17-8-5-14-11(17)2)12(18)15-4-7-16-6-3-9-20-13(16)19/h5,8,10H,3-4,6-7,9H2,1-2H3,(H,15,18)/t10-/m0/s1. The van der Waals surface area contributed by atoms with E-state index in [-0.39, 0.29) is 18.0 Å². The monoisotopic (exact) mass is 280 g/mol. The van der Waals surface area contributed by atoms with Gasteiger partial charge in [0.1, 0.15) is 11.9 Å². The summed E-state index contributed by atoms with van der Waals surface area (Å²) >= 11 is 0. The summed E-state index contributed by atoms with van der Waals surface area (Å²) in [6, 6.07) is -0.314. The number of aryl methyl sites for hydroxylation is 1. The van der Waals surface area contributed by atoms with Crippen molar-refractivity contribution in [3.8, 4) is 0 Å². The third-order valence-corrected chi connectivity index (χ3v) is 3.40. The van der Waals surface area contributed by atoms with Gasteiger partial charge >= 0.3 is 6.09 Å². The number of amides is 2. The van der Waals surface area contributed by atoms with Crippen LogP contribution in [0.4, 0.5) is 4.79 Å². The number of imidazole rings is 1. The largest absolute Gasteiger partial charge is 0.449 e. The molecule has 1 N–H and O–H groups in total. The Hall–Kier alpha value is -2.05. The summed E-state index contributed by atoms with van der Waals surface area (Å²) in [5.41, 5.74) is 0. The summed E-state index contributed by atoms with van der Waals surface area (Å²) in [5, 5.41) is 2.83. The maximum absolute atomic E-state index is 12.0. The highest BCUT2D eigenvalue weighted by molar-refractivity contribution is 5.80. The van der Waals surface area contributed by atoms with E-state index in [0.29, 0.717) is 26.2 Å². The Morgan fingerprint density at radius 2 is 2.40 bits per heavy atom. The fourth-order valence-electron chi connectivity index (χ4n) is 2.19. The maximum Gasteiger partial charge on any atom is 0.409 e. The Morgan fingerprint density at radius 1 is 1.60 bits per heavy atom. The molecular weight excluding hydrogens is 260 g/mol. The second kappa shape index (κ2) is 6.40. The molecule has 0 spiro atoms. The molecule has 1 saturated heterocycles. The highest BCUT2D eigenvalue weighted by Crippen LogP contribution is 2.08. The Labute approximate surface area is 117 Å². The van der Waals surface area contributed by atoms with Gasteiger partial charge < -0.3 is 19.5 Å². The zero-order chi connectivity index (χ0) is 14.5. The number of cyclic esters (lactones) is 1. The molecule has 2 amide bonds. The highest BCUT2D eigenvalue weighted by atomic mass is 16.6. The molecule has 110 valence electrons. The first kappa shape index (κ1) is 14.4. The first-order valence-corrected chi connectivity index (χ1v) is 6.78. The fourth-order valence-corrected chi connectivity index (χ4v) is 2.19. The maximum atomic E-state index is 12.0. The second-order valence-corrected chi connectivity index (χ2v) is 4.80. The molecule has 7 heteroatoms. The Balaban J connectivity index is 1.77. The number of hydrogen-bond acceptors (Lipinski definition) is 4. The van der Waals surface area contributed by atoms with Gasteiger partial charge in [0.05, 0.1) is 6.61 Å². The number of carbonyl (C=O) groups excluding carboxylic acids is 2. The smallest absolute Gasteiger partial charge is 0.409 e. The molecule has 0 radical (unpaired) electrons. The number of hydrogen-bond donors (Lipinski definition) is 1. The third-order valence-electron chi connectivity index (χ3n) is 3.40. The molecule has 0 aliphatic carbocycles. The minimum atomic E-state index is -0.314. The first-order valence-electron chi connectivity index (χ1n) is 6.78. The predicted molar refractivity (Wildman–Crippen MR) is 72.2 cm³/mol. The van der Waals surface area contributed by atoms with E-state index in [2.05, 4.69) is 10.3 Å². The van der Waals surface area contributed by atoms with E-state index in [1.807, 2.05) is 18.4 Å². The van der Waals surface area contributed by atoms with Gasteiger partial charge in [-0.2, -0.15) is 0 Å². The van der Waals surface area contributed by atoms with Crippen molar-refractivity contribution < 1.29 is 14.3 Å². The van der Waals surface area contributed by atoms with E-state index in [0.717, 1.165) is 12.2 Å². The average Bonchev–Trinajstić information content (AvgIpc) is 2.86. The molecule has 0 bridgehead atoms. The van der Waals surface area contributed by atoms with Crippen molar-refractivity contribution in [2.45, 2.75) is 26.3 Å². The number of aromatic nitrogens is 2. The van der Waals surface area contributed by atoms with E-state index in [1.165, 1.54) is 0 Å². The molecular formula is C13H20N4O3. The molecule has 0 aromatic carbocycles. The molecule has 7 nitrogen and oxygen atoms in total. The lowest BCUT2D eigenvalue weighted by Crippen LogP contribution is -2.43. The van der Waals surface area contributed by atoms with Crippen LogP contribution in [0.3, 0.4) is 0 Å². The van der Waals surface area contributed by atoms with E-state index in [9.17, 15) is 9.59 Å². The third kappa shape index (κ3) is 3.28. The van der Waals surface area contributed by atoms with Crippen LogP contribution in [-0.2, 0) is 9.53 Å². The van der Waals surface area contributed by atoms with Crippen LogP contribution < -0.4 is 5.32 Å². The minimum absolute atomic E-state index is 0.0866. The number of rotatable bonds is 5. The van der Waals surface area contributed by atoms with Gasteiger partial charge in [0.2, 0.25) is 5.91 Å². The van der Waals surface area contributed by atoms with Crippen LogP contribution in [-0.4, -0.2) is 52.7 Å². The lowest BCUT2D eigenvalue weighted by Gasteiger charge is -2.26. The topological polar surface area (TPSA) is 76.5 Å². The van der Waals surface area contributed by atoms with Gasteiger partial charge in [-0.05, 0) is 20.3 Å². The van der Waals surface area contributed by atoms with Gasteiger partial charge in [-0.1, -0.05) is 0 Å². The van der Waals surface area contributed by atoms with Crippen LogP contribution in [0.5, 0.6) is 0 Å². The second-order valence-electron chi connectivity index (χ2n) is 4.80. The molecule has 1 aromatic rings. The highest BCUT2D eigenvalue weighted by Gasteiger charge is 2.20. The van der Waals surface area contributed by atoms with E-state index in [1.54, 1.807) is 17.3 Å². The zero-order valence-electron chi connectivity index (χ0n) is 11.8. The molecule has 1 aliphatic heterocycles. The Kier molecular flexibility index (Phi) is 4.60. The van der Waals surface area contributed by atoms with E-state index < -0.39 is 0 Å². The van der Waals surface area contributed by atoms with Crippen LogP contribution in [0.15, 0.2) is 12.4 Å². The van der Waals surface area contributed by atoms with Crippen molar-refractivity contribution in [1.82, 2.24) is 19.8 Å². The van der Waals surface area contributed by atoms with Crippen molar-refractivity contribution in [1.29, 1.82) is 0 Å². The van der Waals surface area contributed by atoms with Gasteiger partial charge in [-0.3, -0.25) is 4.79 Å². The van der Waals surface area contributed by atoms with Crippen molar-refractivity contribution in [2.24, 2.45) is 0 Å².